The van der Waals surface area contributed by atoms with Crippen LogP contribution in [0.25, 0.3) is 0 Å². The predicted molar refractivity (Wildman–Crippen MR) is 96.4 cm³/mol. The summed E-state index contributed by atoms with van der Waals surface area (Å²) in [7, 11) is 0. The van der Waals surface area contributed by atoms with E-state index in [1.54, 1.807) is 6.07 Å². The van der Waals surface area contributed by atoms with E-state index in [9.17, 15) is 18.4 Å². The quantitative estimate of drug-likeness (QED) is 0.869. The van der Waals surface area contributed by atoms with E-state index in [1.165, 1.54) is 11.0 Å². The highest BCUT2D eigenvalue weighted by molar-refractivity contribution is 6.34. The number of benzene rings is 2. The Bertz CT molecular complexity index is 878. The summed E-state index contributed by atoms with van der Waals surface area (Å²) in [6.45, 7) is 3.75. The van der Waals surface area contributed by atoms with Crippen molar-refractivity contribution in [1.82, 2.24) is 0 Å². The first-order valence-corrected chi connectivity index (χ1v) is 8.47. The molecule has 1 atom stereocenters. The summed E-state index contributed by atoms with van der Waals surface area (Å²) >= 11 is 6.20. The number of rotatable bonds is 3. The van der Waals surface area contributed by atoms with E-state index in [4.69, 9.17) is 11.6 Å². The molecule has 2 amide bonds. The Morgan fingerprint density at radius 3 is 2.62 bits per heavy atom. The molecule has 1 fully saturated rings. The van der Waals surface area contributed by atoms with Crippen LogP contribution in [0.1, 0.15) is 17.5 Å². The van der Waals surface area contributed by atoms with Crippen LogP contribution in [0.2, 0.25) is 5.02 Å². The summed E-state index contributed by atoms with van der Waals surface area (Å²) in [5.41, 5.74) is 2.26. The Labute approximate surface area is 154 Å². The van der Waals surface area contributed by atoms with Crippen LogP contribution in [0.3, 0.4) is 0 Å². The van der Waals surface area contributed by atoms with Gasteiger partial charge in [0.2, 0.25) is 11.8 Å². The van der Waals surface area contributed by atoms with E-state index in [2.05, 4.69) is 5.32 Å². The largest absolute Gasteiger partial charge is 0.324 e. The van der Waals surface area contributed by atoms with Crippen molar-refractivity contribution >= 4 is 34.8 Å². The number of nitrogens with zero attached hydrogens (tertiary/aromatic N) is 1. The van der Waals surface area contributed by atoms with Crippen LogP contribution >= 0.6 is 11.6 Å². The summed E-state index contributed by atoms with van der Waals surface area (Å²) in [5.74, 6) is -2.96. The molecule has 1 unspecified atom stereocenters. The molecule has 7 heteroatoms. The van der Waals surface area contributed by atoms with Crippen LogP contribution < -0.4 is 10.2 Å². The van der Waals surface area contributed by atoms with Gasteiger partial charge in [-0.05, 0) is 43.2 Å². The lowest BCUT2D eigenvalue weighted by Gasteiger charge is -2.18. The van der Waals surface area contributed by atoms with E-state index in [1.807, 2.05) is 19.9 Å². The highest BCUT2D eigenvalue weighted by Crippen LogP contribution is 2.31. The molecule has 1 heterocycles. The molecule has 3 rings (SSSR count). The third-order valence-corrected chi connectivity index (χ3v) is 4.67. The molecule has 1 N–H and O–H groups in total. The van der Waals surface area contributed by atoms with Gasteiger partial charge in [-0.1, -0.05) is 17.7 Å². The fourth-order valence-corrected chi connectivity index (χ4v) is 3.48. The van der Waals surface area contributed by atoms with Crippen LogP contribution in [0.15, 0.2) is 30.3 Å². The Morgan fingerprint density at radius 1 is 1.23 bits per heavy atom. The molecule has 2 aromatic rings. The van der Waals surface area contributed by atoms with E-state index in [-0.39, 0.29) is 30.5 Å². The molecule has 1 aliphatic rings. The fourth-order valence-electron chi connectivity index (χ4n) is 3.12. The third kappa shape index (κ3) is 3.55. The standard InChI is InChI=1S/C19H17ClF2N2O2/c1-10-5-11(2)18(14(20)6-10)23-19(26)12-7-17(25)24(9-12)16-4-3-13(21)8-15(16)22/h3-6,8,12H,7,9H2,1-2H3,(H,23,26). The number of nitrogens with one attached hydrogen (secondary N) is 1. The molecule has 0 spiro atoms. The van der Waals surface area contributed by atoms with E-state index in [0.717, 1.165) is 17.2 Å². The zero-order valence-electron chi connectivity index (χ0n) is 14.3. The first-order chi connectivity index (χ1) is 12.3. The topological polar surface area (TPSA) is 49.4 Å². The van der Waals surface area contributed by atoms with Gasteiger partial charge in [0.25, 0.3) is 0 Å². The van der Waals surface area contributed by atoms with Gasteiger partial charge in [0.05, 0.1) is 22.3 Å². The van der Waals surface area contributed by atoms with Crippen molar-refractivity contribution in [2.24, 2.45) is 5.92 Å². The van der Waals surface area contributed by atoms with E-state index in [0.29, 0.717) is 16.8 Å². The normalized spacial score (nSPS) is 16.9. The molecule has 1 aliphatic heterocycles. The number of amides is 2. The molecule has 136 valence electrons. The van der Waals surface area contributed by atoms with Gasteiger partial charge in [-0.3, -0.25) is 9.59 Å². The second-order valence-corrected chi connectivity index (χ2v) is 6.84. The van der Waals surface area contributed by atoms with Crippen molar-refractivity contribution in [2.45, 2.75) is 20.3 Å². The number of anilines is 2. The second kappa shape index (κ2) is 7.03. The van der Waals surface area contributed by atoms with E-state index >= 15 is 0 Å². The molecule has 0 aliphatic carbocycles. The van der Waals surface area contributed by atoms with Crippen molar-refractivity contribution in [3.8, 4) is 0 Å². The molecule has 26 heavy (non-hydrogen) atoms. The lowest BCUT2D eigenvalue weighted by Crippen LogP contribution is -2.29. The van der Waals surface area contributed by atoms with Gasteiger partial charge in [-0.2, -0.15) is 0 Å². The summed E-state index contributed by atoms with van der Waals surface area (Å²) < 4.78 is 27.0. The molecular formula is C19H17ClF2N2O2. The Morgan fingerprint density at radius 2 is 1.96 bits per heavy atom. The zero-order chi connectivity index (χ0) is 19.0. The van der Waals surface area contributed by atoms with Gasteiger partial charge in [-0.25, -0.2) is 8.78 Å². The SMILES string of the molecule is Cc1cc(C)c(NC(=O)C2CC(=O)N(c3ccc(F)cc3F)C2)c(Cl)c1. The number of hydrogen-bond acceptors (Lipinski definition) is 2. The maximum atomic E-state index is 13.9. The second-order valence-electron chi connectivity index (χ2n) is 6.43. The molecule has 0 radical (unpaired) electrons. The van der Waals surface area contributed by atoms with Crippen LogP contribution in [0.5, 0.6) is 0 Å². The highest BCUT2D eigenvalue weighted by Gasteiger charge is 2.36. The van der Waals surface area contributed by atoms with Crippen molar-refractivity contribution in [3.05, 3.63) is 58.1 Å². The van der Waals surface area contributed by atoms with Crippen LogP contribution in [-0.2, 0) is 9.59 Å². The van der Waals surface area contributed by atoms with Crippen molar-refractivity contribution in [2.75, 3.05) is 16.8 Å². The summed E-state index contributed by atoms with van der Waals surface area (Å²) in [5, 5.41) is 3.18. The number of carbonyl (C=O) groups excluding carboxylic acids is 2. The van der Waals surface area contributed by atoms with Gasteiger partial charge >= 0.3 is 0 Å². The monoisotopic (exact) mass is 378 g/mol. The summed E-state index contributed by atoms with van der Waals surface area (Å²) in [6.07, 6.45) is -0.0504. The minimum Gasteiger partial charge on any atom is -0.324 e. The van der Waals surface area contributed by atoms with Crippen molar-refractivity contribution < 1.29 is 18.4 Å². The number of hydrogen-bond donors (Lipinski definition) is 1. The highest BCUT2D eigenvalue weighted by atomic mass is 35.5. The molecular weight excluding hydrogens is 362 g/mol. The molecule has 0 bridgehead atoms. The number of carbonyl (C=O) groups is 2. The van der Waals surface area contributed by atoms with Gasteiger partial charge < -0.3 is 10.2 Å². The summed E-state index contributed by atoms with van der Waals surface area (Å²) in [6, 6.07) is 6.62. The smallest absolute Gasteiger partial charge is 0.229 e. The lowest BCUT2D eigenvalue weighted by molar-refractivity contribution is -0.122. The van der Waals surface area contributed by atoms with Crippen LogP contribution in [0, 0.1) is 31.4 Å². The molecule has 1 saturated heterocycles. The minimum atomic E-state index is -0.836. The van der Waals surface area contributed by atoms with E-state index < -0.39 is 17.6 Å². The van der Waals surface area contributed by atoms with Gasteiger partial charge in [0, 0.05) is 19.0 Å². The number of aryl methyl sites for hydroxylation is 2. The lowest BCUT2D eigenvalue weighted by atomic mass is 10.1. The van der Waals surface area contributed by atoms with Gasteiger partial charge in [0.15, 0.2) is 0 Å². The average Bonchev–Trinajstić information content (AvgIpc) is 2.92. The summed E-state index contributed by atoms with van der Waals surface area (Å²) in [4.78, 5) is 25.9. The number of halogens is 3. The first-order valence-electron chi connectivity index (χ1n) is 8.09. The Hall–Kier alpha value is -2.47. The van der Waals surface area contributed by atoms with Gasteiger partial charge in [0.1, 0.15) is 11.6 Å². The Balaban J connectivity index is 1.77. The van der Waals surface area contributed by atoms with Crippen molar-refractivity contribution in [1.29, 1.82) is 0 Å². The maximum Gasteiger partial charge on any atom is 0.229 e. The minimum absolute atomic E-state index is 0.0236. The fraction of sp³-hybridized carbons (Fsp3) is 0.263. The zero-order valence-corrected chi connectivity index (χ0v) is 15.0. The third-order valence-electron chi connectivity index (χ3n) is 4.38. The van der Waals surface area contributed by atoms with Crippen LogP contribution in [-0.4, -0.2) is 18.4 Å². The molecule has 2 aromatic carbocycles. The van der Waals surface area contributed by atoms with Crippen LogP contribution in [0.4, 0.5) is 20.2 Å². The molecule has 0 aromatic heterocycles. The molecule has 0 saturated carbocycles. The average molecular weight is 379 g/mol. The molecule has 4 nitrogen and oxygen atoms in total. The first kappa shape index (κ1) is 18.3. The Kier molecular flexibility index (Phi) is 4.96. The van der Waals surface area contributed by atoms with Gasteiger partial charge in [-0.15, -0.1) is 0 Å². The van der Waals surface area contributed by atoms with Crippen molar-refractivity contribution in [3.63, 3.8) is 0 Å². The maximum absolute atomic E-state index is 13.9. The predicted octanol–water partition coefficient (Wildman–Crippen LogP) is 4.23.